The Kier molecular flexibility index (Phi) is 5.80. The third kappa shape index (κ3) is 3.81. The van der Waals surface area contributed by atoms with Crippen LogP contribution in [0.25, 0.3) is 11.8 Å². The number of rotatable bonds is 4. The first-order valence-corrected chi connectivity index (χ1v) is 9.87. The summed E-state index contributed by atoms with van der Waals surface area (Å²) in [6.07, 6.45) is 2.22. The van der Waals surface area contributed by atoms with Crippen LogP contribution in [-0.2, 0) is 6.61 Å². The zero-order chi connectivity index (χ0) is 19.8. The molecule has 0 bridgehead atoms. The highest BCUT2D eigenvalue weighted by Gasteiger charge is 2.28. The topological polar surface area (TPSA) is 24.8 Å². The molecule has 0 saturated heterocycles. The van der Waals surface area contributed by atoms with Gasteiger partial charge in [0.15, 0.2) is 0 Å². The van der Waals surface area contributed by atoms with Crippen LogP contribution in [0.3, 0.4) is 0 Å². The first-order valence-electron chi connectivity index (χ1n) is 9.49. The molecule has 0 aliphatic carbocycles. The fourth-order valence-electron chi connectivity index (χ4n) is 3.72. The van der Waals surface area contributed by atoms with Gasteiger partial charge < -0.3 is 9.64 Å². The number of ether oxygens (including phenoxy) is 1. The summed E-state index contributed by atoms with van der Waals surface area (Å²) in [5.74, 6) is 1.43. The summed E-state index contributed by atoms with van der Waals surface area (Å²) in [5.41, 5.74) is 5.38. The summed E-state index contributed by atoms with van der Waals surface area (Å²) in [4.78, 5) is 6.98. The van der Waals surface area contributed by atoms with E-state index in [2.05, 4.69) is 47.4 Å². The van der Waals surface area contributed by atoms with Crippen molar-refractivity contribution in [3.63, 3.8) is 0 Å². The molecule has 3 aromatic rings. The molecular weight excluding hydrogens is 422 g/mol. The molecule has 2 aliphatic heterocycles. The lowest BCUT2D eigenvalue weighted by Gasteiger charge is -2.29. The zero-order valence-electron chi connectivity index (χ0n) is 16.0. The number of amidine groups is 1. The Morgan fingerprint density at radius 1 is 1.03 bits per heavy atom. The molecule has 2 aliphatic rings. The molecule has 0 unspecified atom stereocenters. The minimum absolute atomic E-state index is 0. The first-order chi connectivity index (χ1) is 14.2. The lowest BCUT2D eigenvalue weighted by atomic mass is 9.97. The predicted molar refractivity (Wildman–Crippen MR) is 122 cm³/mol. The van der Waals surface area contributed by atoms with Crippen molar-refractivity contribution in [2.24, 2.45) is 4.99 Å². The van der Waals surface area contributed by atoms with Gasteiger partial charge in [-0.2, -0.15) is 0 Å². The van der Waals surface area contributed by atoms with E-state index in [0.29, 0.717) is 5.02 Å². The van der Waals surface area contributed by atoms with Crippen molar-refractivity contribution >= 4 is 41.6 Å². The van der Waals surface area contributed by atoms with Gasteiger partial charge in [-0.05, 0) is 53.6 Å². The van der Waals surface area contributed by atoms with Crippen LogP contribution >= 0.6 is 24.0 Å². The number of fused-ring (bicyclic) bond motifs is 3. The summed E-state index contributed by atoms with van der Waals surface area (Å²) in [6, 6.07) is 20.7. The molecule has 3 nitrogen and oxygen atoms in total. The van der Waals surface area contributed by atoms with Crippen LogP contribution in [0.4, 0.5) is 4.39 Å². The normalized spacial score (nSPS) is 14.3. The largest absolute Gasteiger partial charge is 0.489 e. The fourth-order valence-corrected chi connectivity index (χ4v) is 3.95. The van der Waals surface area contributed by atoms with E-state index in [1.807, 2.05) is 12.1 Å². The molecule has 30 heavy (non-hydrogen) atoms. The summed E-state index contributed by atoms with van der Waals surface area (Å²) in [5, 5.41) is 0.369. The maximum atomic E-state index is 13.2. The third-order valence-corrected chi connectivity index (χ3v) is 5.54. The maximum absolute atomic E-state index is 13.2. The number of halogens is 3. The molecule has 0 fully saturated rings. The van der Waals surface area contributed by atoms with Crippen molar-refractivity contribution < 1.29 is 9.13 Å². The molecule has 152 valence electrons. The Morgan fingerprint density at radius 3 is 2.63 bits per heavy atom. The molecule has 0 radical (unpaired) electrons. The van der Waals surface area contributed by atoms with Crippen LogP contribution in [0.2, 0.25) is 5.02 Å². The second-order valence-corrected chi connectivity index (χ2v) is 7.43. The third-order valence-electron chi connectivity index (χ3n) is 5.19. The Bertz CT molecular complexity index is 1140. The lowest BCUT2D eigenvalue weighted by Crippen LogP contribution is -2.30. The second-order valence-electron chi connectivity index (χ2n) is 7.02. The molecular formula is C24H19Cl2FN2O. The summed E-state index contributed by atoms with van der Waals surface area (Å²) in [6.45, 7) is 1.98. The highest BCUT2D eigenvalue weighted by atomic mass is 35.5. The van der Waals surface area contributed by atoms with Crippen LogP contribution in [0.5, 0.6) is 5.75 Å². The van der Waals surface area contributed by atoms with Crippen LogP contribution < -0.4 is 4.74 Å². The molecule has 0 N–H and O–H groups in total. The average molecular weight is 441 g/mol. The maximum Gasteiger partial charge on any atom is 0.136 e. The van der Waals surface area contributed by atoms with E-state index in [0.717, 1.165) is 41.5 Å². The van der Waals surface area contributed by atoms with E-state index in [9.17, 15) is 4.39 Å². The van der Waals surface area contributed by atoms with Crippen molar-refractivity contribution in [1.82, 2.24) is 4.90 Å². The SMILES string of the molecule is Cl.Fc1ccc(COc2ccc(C3=Cc4ccccc4C4=NCCN34)cc2)c(Cl)c1. The fraction of sp³-hybridized carbons (Fsp3) is 0.125. The van der Waals surface area contributed by atoms with E-state index < -0.39 is 0 Å². The van der Waals surface area contributed by atoms with E-state index in [1.54, 1.807) is 6.07 Å². The van der Waals surface area contributed by atoms with Crippen LogP contribution in [0.1, 0.15) is 22.3 Å². The Hall–Kier alpha value is -2.82. The smallest absolute Gasteiger partial charge is 0.136 e. The summed E-state index contributed by atoms with van der Waals surface area (Å²) >= 11 is 6.07. The predicted octanol–water partition coefficient (Wildman–Crippen LogP) is 6.05. The zero-order valence-corrected chi connectivity index (χ0v) is 17.6. The second kappa shape index (κ2) is 8.50. The Labute approximate surface area is 185 Å². The molecule has 5 rings (SSSR count). The van der Waals surface area contributed by atoms with E-state index in [-0.39, 0.29) is 24.8 Å². The van der Waals surface area contributed by atoms with Gasteiger partial charge >= 0.3 is 0 Å². The molecule has 0 spiro atoms. The average Bonchev–Trinajstić information content (AvgIpc) is 3.23. The van der Waals surface area contributed by atoms with Crippen molar-refractivity contribution in [2.45, 2.75) is 6.61 Å². The van der Waals surface area contributed by atoms with E-state index in [1.165, 1.54) is 23.3 Å². The Morgan fingerprint density at radius 2 is 1.83 bits per heavy atom. The van der Waals surface area contributed by atoms with Gasteiger partial charge in [0.1, 0.15) is 24.0 Å². The standard InChI is InChI=1S/C24H18ClFN2O.ClH/c25-22-14-19(26)8-5-18(22)15-29-20-9-6-16(7-10-20)23-13-17-3-1-2-4-21(17)24-27-11-12-28(23)24;/h1-10,13-14H,11-12,15H2;1H. The van der Waals surface area contributed by atoms with Gasteiger partial charge in [-0.25, -0.2) is 4.39 Å². The van der Waals surface area contributed by atoms with E-state index >= 15 is 0 Å². The van der Waals surface area contributed by atoms with Gasteiger partial charge in [0.25, 0.3) is 0 Å². The minimum atomic E-state index is -0.352. The van der Waals surface area contributed by atoms with Crippen molar-refractivity contribution in [1.29, 1.82) is 0 Å². The molecule has 6 heteroatoms. The molecule has 0 atom stereocenters. The van der Waals surface area contributed by atoms with Gasteiger partial charge in [-0.15, -0.1) is 12.4 Å². The molecule has 0 saturated carbocycles. The van der Waals surface area contributed by atoms with Crippen LogP contribution in [0, 0.1) is 5.82 Å². The molecule has 0 aromatic heterocycles. The van der Waals surface area contributed by atoms with Crippen LogP contribution in [0.15, 0.2) is 71.7 Å². The number of hydrogen-bond donors (Lipinski definition) is 0. The van der Waals surface area contributed by atoms with Gasteiger partial charge in [0.2, 0.25) is 0 Å². The number of hydrogen-bond acceptors (Lipinski definition) is 3. The lowest BCUT2D eigenvalue weighted by molar-refractivity contribution is 0.306. The van der Waals surface area contributed by atoms with Gasteiger partial charge in [-0.3, -0.25) is 4.99 Å². The number of aliphatic imine (C=N–C) groups is 1. The minimum Gasteiger partial charge on any atom is -0.489 e. The first kappa shape index (κ1) is 20.5. The Balaban J connectivity index is 0.00000218. The van der Waals surface area contributed by atoms with Crippen LogP contribution in [-0.4, -0.2) is 23.8 Å². The highest BCUT2D eigenvalue weighted by molar-refractivity contribution is 6.31. The quantitative estimate of drug-likeness (QED) is 0.492. The number of nitrogens with zero attached hydrogens (tertiary/aromatic N) is 2. The van der Waals surface area contributed by atoms with Crippen molar-refractivity contribution in [3.05, 3.63) is 99.8 Å². The molecule has 2 heterocycles. The van der Waals surface area contributed by atoms with Gasteiger partial charge in [-0.1, -0.05) is 41.9 Å². The van der Waals surface area contributed by atoms with E-state index in [4.69, 9.17) is 21.3 Å². The van der Waals surface area contributed by atoms with Crippen molar-refractivity contribution in [2.75, 3.05) is 13.1 Å². The molecule has 0 amide bonds. The highest BCUT2D eigenvalue weighted by Crippen LogP contribution is 2.33. The van der Waals surface area contributed by atoms with Gasteiger partial charge in [0, 0.05) is 17.7 Å². The summed E-state index contributed by atoms with van der Waals surface area (Å²) in [7, 11) is 0. The summed E-state index contributed by atoms with van der Waals surface area (Å²) < 4.78 is 19.0. The van der Waals surface area contributed by atoms with Gasteiger partial charge in [0.05, 0.1) is 17.3 Å². The number of benzene rings is 3. The molecule has 3 aromatic carbocycles. The monoisotopic (exact) mass is 440 g/mol. The van der Waals surface area contributed by atoms with Crippen molar-refractivity contribution in [3.8, 4) is 5.75 Å².